The maximum atomic E-state index is 13.0. The average molecular weight is 488 g/mol. The summed E-state index contributed by atoms with van der Waals surface area (Å²) in [5.74, 6) is 0.419. The van der Waals surface area contributed by atoms with E-state index in [1.54, 1.807) is 28.8 Å². The molecule has 4 nitrogen and oxygen atoms in total. The molecule has 0 aliphatic heterocycles. The number of anilines is 1. The fraction of sp³-hybridized carbons (Fsp3) is 0.333. The number of rotatable bonds is 9. The zero-order chi connectivity index (χ0) is 20.8. The van der Waals surface area contributed by atoms with E-state index in [9.17, 15) is 9.18 Å². The van der Waals surface area contributed by atoms with Gasteiger partial charge in [0.05, 0.1) is 10.2 Å². The molecule has 0 bridgehead atoms. The van der Waals surface area contributed by atoms with Crippen molar-refractivity contribution in [2.45, 2.75) is 17.7 Å². The molecule has 3 aromatic rings. The molecule has 9 heteroatoms. The van der Waals surface area contributed by atoms with Gasteiger partial charge < -0.3 is 4.90 Å². The van der Waals surface area contributed by atoms with Gasteiger partial charge in [-0.1, -0.05) is 22.9 Å². The molecule has 0 radical (unpaired) electrons. The summed E-state index contributed by atoms with van der Waals surface area (Å²) in [4.78, 5) is 22.5. The molecule has 162 valence electrons. The Hall–Kier alpha value is -1.38. The molecule has 1 amide bonds. The van der Waals surface area contributed by atoms with Gasteiger partial charge >= 0.3 is 0 Å². The van der Waals surface area contributed by atoms with Crippen LogP contribution in [-0.2, 0) is 4.79 Å². The van der Waals surface area contributed by atoms with E-state index in [4.69, 9.17) is 11.6 Å². The molecule has 0 spiro atoms. The number of nitrogens with zero attached hydrogens (tertiary/aromatic N) is 3. The van der Waals surface area contributed by atoms with Crippen molar-refractivity contribution in [1.82, 2.24) is 9.88 Å². The lowest BCUT2D eigenvalue weighted by molar-refractivity contribution is -0.118. The van der Waals surface area contributed by atoms with Gasteiger partial charge in [0.2, 0.25) is 5.91 Å². The Morgan fingerprint density at radius 2 is 1.90 bits per heavy atom. The number of hydrogen-bond acceptors (Lipinski definition) is 5. The van der Waals surface area contributed by atoms with Crippen LogP contribution in [-0.4, -0.2) is 48.7 Å². The zero-order valence-electron chi connectivity index (χ0n) is 16.8. The van der Waals surface area contributed by atoms with Crippen molar-refractivity contribution in [3.63, 3.8) is 0 Å². The quantitative estimate of drug-likeness (QED) is 0.348. The van der Waals surface area contributed by atoms with Crippen molar-refractivity contribution in [3.8, 4) is 0 Å². The number of carbonyl (C=O) groups excluding carboxylic acids is 1. The number of hydrogen-bond donors (Lipinski definition) is 0. The summed E-state index contributed by atoms with van der Waals surface area (Å²) in [6.07, 6.45) is 1.25. The fourth-order valence-corrected chi connectivity index (χ4v) is 4.92. The largest absolute Gasteiger partial charge is 0.309 e. The van der Waals surface area contributed by atoms with Crippen molar-refractivity contribution in [3.05, 3.63) is 53.3 Å². The number of fused-ring (bicyclic) bond motifs is 1. The summed E-state index contributed by atoms with van der Waals surface area (Å²) >= 11 is 9.13. The topological polar surface area (TPSA) is 36.4 Å². The Morgan fingerprint density at radius 3 is 2.60 bits per heavy atom. The van der Waals surface area contributed by atoms with Crippen LogP contribution in [0.5, 0.6) is 0 Å². The second-order valence-corrected chi connectivity index (χ2v) is 9.48. The van der Waals surface area contributed by atoms with Gasteiger partial charge in [0.15, 0.2) is 5.13 Å². The lowest BCUT2D eigenvalue weighted by atomic mass is 10.3. The van der Waals surface area contributed by atoms with E-state index in [0.29, 0.717) is 28.9 Å². The first kappa shape index (κ1) is 24.9. The van der Waals surface area contributed by atoms with Gasteiger partial charge in [0.25, 0.3) is 0 Å². The van der Waals surface area contributed by atoms with E-state index in [-0.39, 0.29) is 24.1 Å². The summed E-state index contributed by atoms with van der Waals surface area (Å²) in [6, 6.07) is 11.9. The highest BCUT2D eigenvalue weighted by molar-refractivity contribution is 7.99. The highest BCUT2D eigenvalue weighted by Crippen LogP contribution is 2.31. The van der Waals surface area contributed by atoms with Crippen LogP contribution < -0.4 is 4.90 Å². The number of carbonyl (C=O) groups is 1. The van der Waals surface area contributed by atoms with Crippen LogP contribution in [0.1, 0.15) is 12.8 Å². The van der Waals surface area contributed by atoms with Crippen LogP contribution in [0.2, 0.25) is 5.02 Å². The van der Waals surface area contributed by atoms with Gasteiger partial charge in [-0.15, -0.1) is 24.2 Å². The monoisotopic (exact) mass is 487 g/mol. The van der Waals surface area contributed by atoms with E-state index < -0.39 is 0 Å². The van der Waals surface area contributed by atoms with E-state index in [1.807, 2.05) is 32.3 Å². The minimum absolute atomic E-state index is 0. The Bertz CT molecular complexity index is 967. The summed E-state index contributed by atoms with van der Waals surface area (Å²) in [6.45, 7) is 1.51. The first-order valence-electron chi connectivity index (χ1n) is 9.32. The van der Waals surface area contributed by atoms with Crippen LogP contribution in [0, 0.1) is 5.82 Å². The summed E-state index contributed by atoms with van der Waals surface area (Å²) in [7, 11) is 4.04. The zero-order valence-corrected chi connectivity index (χ0v) is 20.0. The normalized spacial score (nSPS) is 11.0. The lowest BCUT2D eigenvalue weighted by Gasteiger charge is -2.21. The van der Waals surface area contributed by atoms with E-state index in [1.165, 1.54) is 23.5 Å². The molecule has 3 rings (SSSR count). The Labute approximate surface area is 195 Å². The Morgan fingerprint density at radius 1 is 1.17 bits per heavy atom. The highest BCUT2D eigenvalue weighted by Gasteiger charge is 2.19. The van der Waals surface area contributed by atoms with Crippen molar-refractivity contribution >= 4 is 68.4 Å². The second-order valence-electron chi connectivity index (χ2n) is 6.86. The molecule has 0 unspecified atom stereocenters. The second kappa shape index (κ2) is 11.9. The van der Waals surface area contributed by atoms with Crippen molar-refractivity contribution in [2.24, 2.45) is 0 Å². The molecule has 2 aromatic carbocycles. The Balaban J connectivity index is 0.00000320. The van der Waals surface area contributed by atoms with Crippen molar-refractivity contribution in [1.29, 1.82) is 0 Å². The third-order valence-corrected chi connectivity index (χ3v) is 6.55. The summed E-state index contributed by atoms with van der Waals surface area (Å²) in [5.41, 5.74) is 0.848. The van der Waals surface area contributed by atoms with Crippen LogP contribution >= 0.6 is 47.1 Å². The molecule has 0 N–H and O–H groups in total. The van der Waals surface area contributed by atoms with E-state index in [2.05, 4.69) is 9.88 Å². The number of amides is 1. The Kier molecular flexibility index (Phi) is 9.84. The molecule has 30 heavy (non-hydrogen) atoms. The molecule has 1 aromatic heterocycles. The van der Waals surface area contributed by atoms with Crippen LogP contribution in [0.25, 0.3) is 10.2 Å². The molecule has 0 aliphatic rings. The number of thiazole rings is 1. The third kappa shape index (κ3) is 7.10. The maximum Gasteiger partial charge on any atom is 0.229 e. The molecular weight excluding hydrogens is 464 g/mol. The number of thioether (sulfide) groups is 1. The van der Waals surface area contributed by atoms with Crippen LogP contribution in [0.4, 0.5) is 9.52 Å². The molecule has 0 saturated heterocycles. The molecule has 0 saturated carbocycles. The molecule has 0 aliphatic carbocycles. The lowest BCUT2D eigenvalue weighted by Crippen LogP contribution is -2.33. The van der Waals surface area contributed by atoms with Crippen molar-refractivity contribution < 1.29 is 9.18 Å². The highest BCUT2D eigenvalue weighted by atomic mass is 35.5. The SMILES string of the molecule is CN(C)CCCN(C(=O)CCSc1ccc(F)cc1)c1nc2ccc(Cl)cc2s1.Cl. The van der Waals surface area contributed by atoms with Gasteiger partial charge in [-0.25, -0.2) is 9.37 Å². The van der Waals surface area contributed by atoms with Gasteiger partial charge in [-0.05, 0) is 69.5 Å². The predicted octanol–water partition coefficient (Wildman–Crippen LogP) is 5.98. The predicted molar refractivity (Wildman–Crippen MR) is 129 cm³/mol. The average Bonchev–Trinajstić information content (AvgIpc) is 3.09. The smallest absolute Gasteiger partial charge is 0.229 e. The number of aromatic nitrogens is 1. The van der Waals surface area contributed by atoms with Gasteiger partial charge in [0.1, 0.15) is 5.82 Å². The summed E-state index contributed by atoms with van der Waals surface area (Å²) < 4.78 is 14.0. The van der Waals surface area contributed by atoms with Crippen LogP contribution in [0.15, 0.2) is 47.4 Å². The van der Waals surface area contributed by atoms with Gasteiger partial charge in [-0.3, -0.25) is 9.69 Å². The van der Waals surface area contributed by atoms with Crippen LogP contribution in [0.3, 0.4) is 0 Å². The van der Waals surface area contributed by atoms with Crippen molar-refractivity contribution in [2.75, 3.05) is 37.8 Å². The molecular formula is C21H24Cl2FN3OS2. The minimum Gasteiger partial charge on any atom is -0.309 e. The molecule has 0 atom stereocenters. The number of halogens is 3. The first-order chi connectivity index (χ1) is 13.9. The number of benzene rings is 2. The minimum atomic E-state index is -0.256. The van der Waals surface area contributed by atoms with Gasteiger partial charge in [-0.2, -0.15) is 0 Å². The standard InChI is InChI=1S/C21H23ClFN3OS2.ClH/c1-25(2)11-3-12-26(21-24-18-9-4-15(22)14-19(18)29-21)20(27)10-13-28-17-7-5-16(23)6-8-17;/h4-9,14H,3,10-13H2,1-2H3;1H. The summed E-state index contributed by atoms with van der Waals surface area (Å²) in [5, 5.41) is 1.37. The van der Waals surface area contributed by atoms with Gasteiger partial charge in [0, 0.05) is 28.6 Å². The third-order valence-electron chi connectivity index (χ3n) is 4.26. The molecule has 1 heterocycles. The molecule has 0 fully saturated rings. The van der Waals surface area contributed by atoms with E-state index in [0.717, 1.165) is 28.1 Å². The van der Waals surface area contributed by atoms with E-state index >= 15 is 0 Å². The fourth-order valence-electron chi connectivity index (χ4n) is 2.80. The maximum absolute atomic E-state index is 13.0. The first-order valence-corrected chi connectivity index (χ1v) is 11.5.